The van der Waals surface area contributed by atoms with Crippen molar-refractivity contribution in [2.75, 3.05) is 0 Å². The number of carbonyl (C=O) groups excluding carboxylic acids is 1. The van der Waals surface area contributed by atoms with E-state index in [1.165, 1.54) is 0 Å². The van der Waals surface area contributed by atoms with E-state index in [9.17, 15) is 4.79 Å². The zero-order valence-electron chi connectivity index (χ0n) is 10.2. The molecule has 92 valence electrons. The first-order chi connectivity index (χ1) is 8.74. The summed E-state index contributed by atoms with van der Waals surface area (Å²) in [6, 6.07) is 9.01. The second kappa shape index (κ2) is 4.29. The molecular formula is C14H14N2O2. The van der Waals surface area contributed by atoms with Crippen LogP contribution < -0.4 is 4.74 Å². The van der Waals surface area contributed by atoms with Gasteiger partial charge in [0, 0.05) is 18.8 Å². The van der Waals surface area contributed by atoms with E-state index in [0.29, 0.717) is 17.4 Å². The minimum atomic E-state index is -0.0204. The van der Waals surface area contributed by atoms with E-state index >= 15 is 0 Å². The van der Waals surface area contributed by atoms with Crippen molar-refractivity contribution in [3.05, 3.63) is 47.8 Å². The lowest BCUT2D eigenvalue weighted by Crippen LogP contribution is -2.08. The van der Waals surface area contributed by atoms with E-state index in [1.54, 1.807) is 36.1 Å². The van der Waals surface area contributed by atoms with Gasteiger partial charge in [-0.2, -0.15) is 5.10 Å². The van der Waals surface area contributed by atoms with Gasteiger partial charge in [0.15, 0.2) is 0 Å². The molecule has 3 rings (SSSR count). The summed E-state index contributed by atoms with van der Waals surface area (Å²) in [6.45, 7) is 0. The standard InChI is InChI=1S/C14H14N2O2/c1-16-13(8-9-15-16)14(17)10-2-4-11(5-3-10)18-12-6-7-12/h2-5,8-9,12H,6-7H2,1H3. The van der Waals surface area contributed by atoms with Crippen LogP contribution in [-0.2, 0) is 7.05 Å². The van der Waals surface area contributed by atoms with Crippen molar-refractivity contribution in [1.29, 1.82) is 0 Å². The zero-order valence-corrected chi connectivity index (χ0v) is 10.2. The highest BCUT2D eigenvalue weighted by Crippen LogP contribution is 2.26. The molecular weight excluding hydrogens is 228 g/mol. The Hall–Kier alpha value is -2.10. The lowest BCUT2D eigenvalue weighted by Gasteiger charge is -2.05. The summed E-state index contributed by atoms with van der Waals surface area (Å²) in [4.78, 5) is 12.2. The maximum atomic E-state index is 12.2. The van der Waals surface area contributed by atoms with E-state index in [0.717, 1.165) is 18.6 Å². The second-order valence-electron chi connectivity index (χ2n) is 4.51. The number of carbonyl (C=O) groups is 1. The van der Waals surface area contributed by atoms with Crippen molar-refractivity contribution < 1.29 is 9.53 Å². The fourth-order valence-electron chi connectivity index (χ4n) is 1.81. The molecule has 4 heteroatoms. The Bertz CT molecular complexity index is 568. The minimum absolute atomic E-state index is 0.0204. The van der Waals surface area contributed by atoms with Gasteiger partial charge in [-0.3, -0.25) is 9.48 Å². The molecule has 4 nitrogen and oxygen atoms in total. The van der Waals surface area contributed by atoms with Crippen molar-refractivity contribution in [2.24, 2.45) is 7.05 Å². The minimum Gasteiger partial charge on any atom is -0.490 e. The lowest BCUT2D eigenvalue weighted by molar-refractivity contribution is 0.103. The maximum Gasteiger partial charge on any atom is 0.211 e. The summed E-state index contributed by atoms with van der Waals surface area (Å²) in [5.74, 6) is 0.812. The van der Waals surface area contributed by atoms with Gasteiger partial charge in [-0.25, -0.2) is 0 Å². The van der Waals surface area contributed by atoms with Crippen LogP contribution in [0.25, 0.3) is 0 Å². The molecule has 0 radical (unpaired) electrons. The molecule has 1 aliphatic rings. The van der Waals surface area contributed by atoms with E-state index in [1.807, 2.05) is 12.1 Å². The Balaban J connectivity index is 1.79. The molecule has 0 aliphatic heterocycles. The van der Waals surface area contributed by atoms with E-state index < -0.39 is 0 Å². The van der Waals surface area contributed by atoms with Crippen LogP contribution in [0.2, 0.25) is 0 Å². The van der Waals surface area contributed by atoms with Gasteiger partial charge in [0.05, 0.1) is 6.10 Å². The fourth-order valence-corrected chi connectivity index (χ4v) is 1.81. The first-order valence-electron chi connectivity index (χ1n) is 6.03. The number of aryl methyl sites for hydroxylation is 1. The molecule has 0 N–H and O–H groups in total. The van der Waals surface area contributed by atoms with Crippen LogP contribution in [0.4, 0.5) is 0 Å². The summed E-state index contributed by atoms with van der Waals surface area (Å²) in [5, 5.41) is 4.00. The molecule has 0 bridgehead atoms. The van der Waals surface area contributed by atoms with Crippen LogP contribution in [0.15, 0.2) is 36.5 Å². The number of ether oxygens (including phenoxy) is 1. The van der Waals surface area contributed by atoms with E-state index in [4.69, 9.17) is 4.74 Å². The number of ketones is 1. The molecule has 1 heterocycles. The first kappa shape index (κ1) is 11.0. The number of nitrogens with zero attached hydrogens (tertiary/aromatic N) is 2. The summed E-state index contributed by atoms with van der Waals surface area (Å²) in [7, 11) is 1.76. The SMILES string of the molecule is Cn1nccc1C(=O)c1ccc(OC2CC2)cc1. The normalized spacial score (nSPS) is 14.5. The molecule has 1 fully saturated rings. The lowest BCUT2D eigenvalue weighted by atomic mass is 10.1. The first-order valence-corrected chi connectivity index (χ1v) is 6.03. The van der Waals surface area contributed by atoms with Crippen LogP contribution >= 0.6 is 0 Å². The molecule has 0 atom stereocenters. The average Bonchev–Trinajstić information content (AvgIpc) is 3.09. The highest BCUT2D eigenvalue weighted by molar-refractivity contribution is 6.07. The summed E-state index contributed by atoms with van der Waals surface area (Å²) in [5.41, 5.74) is 1.24. The highest BCUT2D eigenvalue weighted by atomic mass is 16.5. The highest BCUT2D eigenvalue weighted by Gasteiger charge is 2.23. The molecule has 1 saturated carbocycles. The van der Waals surface area contributed by atoms with Crippen molar-refractivity contribution in [3.8, 4) is 5.75 Å². The topological polar surface area (TPSA) is 44.1 Å². The Morgan fingerprint density at radius 1 is 1.28 bits per heavy atom. The van der Waals surface area contributed by atoms with Crippen LogP contribution in [0.3, 0.4) is 0 Å². The summed E-state index contributed by atoms with van der Waals surface area (Å²) >= 11 is 0. The predicted octanol–water partition coefficient (Wildman–Crippen LogP) is 2.19. The third-order valence-electron chi connectivity index (χ3n) is 3.00. The number of hydrogen-bond donors (Lipinski definition) is 0. The molecule has 1 aromatic heterocycles. The molecule has 0 saturated heterocycles. The van der Waals surface area contributed by atoms with Crippen molar-refractivity contribution in [1.82, 2.24) is 9.78 Å². The third-order valence-corrected chi connectivity index (χ3v) is 3.00. The Morgan fingerprint density at radius 2 is 2.00 bits per heavy atom. The van der Waals surface area contributed by atoms with Gasteiger partial charge in [-0.15, -0.1) is 0 Å². The summed E-state index contributed by atoms with van der Waals surface area (Å²) < 4.78 is 7.23. The van der Waals surface area contributed by atoms with E-state index in [2.05, 4.69) is 5.10 Å². The predicted molar refractivity (Wildman–Crippen MR) is 66.7 cm³/mol. The van der Waals surface area contributed by atoms with Gasteiger partial charge in [0.25, 0.3) is 0 Å². The van der Waals surface area contributed by atoms with Gasteiger partial charge in [-0.1, -0.05) is 0 Å². The average molecular weight is 242 g/mol. The van der Waals surface area contributed by atoms with Crippen molar-refractivity contribution >= 4 is 5.78 Å². The van der Waals surface area contributed by atoms with Crippen LogP contribution in [0.5, 0.6) is 5.75 Å². The largest absolute Gasteiger partial charge is 0.490 e. The van der Waals surface area contributed by atoms with Gasteiger partial charge in [0.2, 0.25) is 5.78 Å². The monoisotopic (exact) mass is 242 g/mol. The Morgan fingerprint density at radius 3 is 2.56 bits per heavy atom. The van der Waals surface area contributed by atoms with Crippen LogP contribution in [-0.4, -0.2) is 21.7 Å². The molecule has 0 amide bonds. The quantitative estimate of drug-likeness (QED) is 0.772. The molecule has 2 aromatic rings. The molecule has 1 aliphatic carbocycles. The zero-order chi connectivity index (χ0) is 12.5. The second-order valence-corrected chi connectivity index (χ2v) is 4.51. The Kier molecular flexibility index (Phi) is 2.63. The van der Waals surface area contributed by atoms with Gasteiger partial charge in [0.1, 0.15) is 11.4 Å². The third kappa shape index (κ3) is 2.14. The Labute approximate surface area is 105 Å². The number of aromatic nitrogens is 2. The van der Waals surface area contributed by atoms with Crippen LogP contribution in [0.1, 0.15) is 28.9 Å². The van der Waals surface area contributed by atoms with Crippen molar-refractivity contribution in [2.45, 2.75) is 18.9 Å². The number of benzene rings is 1. The number of rotatable bonds is 4. The molecule has 1 aromatic carbocycles. The summed E-state index contributed by atoms with van der Waals surface area (Å²) in [6.07, 6.45) is 4.27. The van der Waals surface area contributed by atoms with Gasteiger partial charge in [-0.05, 0) is 43.2 Å². The van der Waals surface area contributed by atoms with E-state index in [-0.39, 0.29) is 5.78 Å². The molecule has 0 unspecified atom stereocenters. The smallest absolute Gasteiger partial charge is 0.211 e. The maximum absolute atomic E-state index is 12.2. The fraction of sp³-hybridized carbons (Fsp3) is 0.286. The molecule has 0 spiro atoms. The number of hydrogen-bond acceptors (Lipinski definition) is 3. The van der Waals surface area contributed by atoms with Crippen molar-refractivity contribution in [3.63, 3.8) is 0 Å². The molecule has 18 heavy (non-hydrogen) atoms. The van der Waals surface area contributed by atoms with Gasteiger partial charge < -0.3 is 4.74 Å². The van der Waals surface area contributed by atoms with Gasteiger partial charge >= 0.3 is 0 Å². The van der Waals surface area contributed by atoms with Crippen LogP contribution in [0, 0.1) is 0 Å².